The average Bonchev–Trinajstić information content (AvgIpc) is 3.02. The normalized spacial score (nSPS) is 20.2. The number of aliphatic hydroxyl groups excluding tert-OH is 1. The van der Waals surface area contributed by atoms with Crippen LogP contribution in [0, 0.1) is 11.3 Å². The largest absolute Gasteiger partial charge is 0.396 e. The molecule has 3 N–H and O–H groups in total. The van der Waals surface area contributed by atoms with Gasteiger partial charge in [0.25, 0.3) is 0 Å². The minimum atomic E-state index is -0.180. The highest BCUT2D eigenvalue weighted by molar-refractivity contribution is 5.01. The Morgan fingerprint density at radius 1 is 1.67 bits per heavy atom. The fourth-order valence-corrected chi connectivity index (χ4v) is 2.12. The quantitative estimate of drug-likeness (QED) is 0.700. The van der Waals surface area contributed by atoms with Crippen LogP contribution in [0.4, 0.5) is 0 Å². The Bertz CT molecular complexity index is 328. The number of hydrogen-bond acceptors (Lipinski definition) is 4. The van der Waals surface area contributed by atoms with Crippen molar-refractivity contribution in [3.8, 4) is 0 Å². The molecule has 5 nitrogen and oxygen atoms in total. The Hall–Kier alpha value is -0.940. The van der Waals surface area contributed by atoms with Gasteiger partial charge in [-0.15, -0.1) is 0 Å². The van der Waals surface area contributed by atoms with Crippen molar-refractivity contribution in [2.75, 3.05) is 13.2 Å². The molecule has 0 spiro atoms. The van der Waals surface area contributed by atoms with Crippen molar-refractivity contribution < 1.29 is 5.11 Å². The maximum atomic E-state index is 9.54. The number of rotatable bonds is 5. The molecule has 0 saturated heterocycles. The van der Waals surface area contributed by atoms with Crippen molar-refractivity contribution in [2.24, 2.45) is 24.1 Å². The van der Waals surface area contributed by atoms with Crippen molar-refractivity contribution in [1.29, 1.82) is 0 Å². The number of hydrogen-bond donors (Lipinski definition) is 2. The molecular formula is C10H18N4O. The molecule has 0 aromatic carbocycles. The maximum absolute atomic E-state index is 9.54. The molecule has 0 amide bonds. The van der Waals surface area contributed by atoms with Gasteiger partial charge in [-0.1, -0.05) is 0 Å². The molecular weight excluding hydrogens is 192 g/mol. The molecule has 0 aliphatic heterocycles. The van der Waals surface area contributed by atoms with Crippen molar-refractivity contribution >= 4 is 0 Å². The van der Waals surface area contributed by atoms with E-state index in [0.717, 1.165) is 12.2 Å². The zero-order chi connectivity index (χ0) is 10.9. The van der Waals surface area contributed by atoms with Gasteiger partial charge < -0.3 is 10.8 Å². The molecule has 2 rings (SSSR count). The van der Waals surface area contributed by atoms with E-state index in [1.807, 2.05) is 7.05 Å². The number of aromatic nitrogens is 3. The predicted molar refractivity (Wildman–Crippen MR) is 56.0 cm³/mol. The molecule has 0 radical (unpaired) electrons. The first kappa shape index (κ1) is 10.6. The van der Waals surface area contributed by atoms with Crippen LogP contribution in [0.3, 0.4) is 0 Å². The van der Waals surface area contributed by atoms with Crippen LogP contribution in [0.5, 0.6) is 0 Å². The van der Waals surface area contributed by atoms with Crippen LogP contribution in [0.1, 0.15) is 18.7 Å². The van der Waals surface area contributed by atoms with E-state index in [1.165, 1.54) is 12.8 Å². The third kappa shape index (κ3) is 1.89. The second-order valence-corrected chi connectivity index (χ2v) is 4.48. The summed E-state index contributed by atoms with van der Waals surface area (Å²) in [5, 5.41) is 13.6. The summed E-state index contributed by atoms with van der Waals surface area (Å²) in [6.45, 7) is 0.655. The van der Waals surface area contributed by atoms with Gasteiger partial charge in [-0.25, -0.2) is 4.98 Å². The summed E-state index contributed by atoms with van der Waals surface area (Å²) in [6, 6.07) is 0. The van der Waals surface area contributed by atoms with Gasteiger partial charge in [0.2, 0.25) is 0 Å². The highest BCUT2D eigenvalue weighted by Crippen LogP contribution is 2.46. The Morgan fingerprint density at radius 2 is 2.40 bits per heavy atom. The minimum absolute atomic E-state index is 0.140. The predicted octanol–water partition coefficient (Wildman–Crippen LogP) is -0.295. The first-order chi connectivity index (χ1) is 7.22. The highest BCUT2D eigenvalue weighted by Gasteiger charge is 2.44. The Kier molecular flexibility index (Phi) is 2.75. The van der Waals surface area contributed by atoms with Crippen LogP contribution in [0.2, 0.25) is 0 Å². The summed E-state index contributed by atoms with van der Waals surface area (Å²) in [5.41, 5.74) is 5.63. The lowest BCUT2D eigenvalue weighted by molar-refractivity contribution is 0.106. The SMILES string of the molecule is Cn1ncnc1CC(CN)(CO)C1CC1. The zero-order valence-electron chi connectivity index (χ0n) is 9.06. The Morgan fingerprint density at radius 3 is 2.80 bits per heavy atom. The first-order valence-corrected chi connectivity index (χ1v) is 5.35. The highest BCUT2D eigenvalue weighted by atomic mass is 16.3. The van der Waals surface area contributed by atoms with Gasteiger partial charge in [-0.05, 0) is 18.8 Å². The van der Waals surface area contributed by atoms with Gasteiger partial charge in [-0.3, -0.25) is 4.68 Å². The van der Waals surface area contributed by atoms with Gasteiger partial charge in [0.05, 0.1) is 6.61 Å². The monoisotopic (exact) mass is 210 g/mol. The molecule has 1 heterocycles. The standard InChI is InChI=1S/C10H18N4O/c1-14-9(12-7-13-14)4-10(5-11,6-15)8-2-3-8/h7-8,15H,2-6,11H2,1H3. The number of aryl methyl sites for hydroxylation is 1. The molecule has 1 aromatic heterocycles. The molecule has 5 heteroatoms. The smallest absolute Gasteiger partial charge is 0.138 e. The summed E-state index contributed by atoms with van der Waals surface area (Å²) >= 11 is 0. The summed E-state index contributed by atoms with van der Waals surface area (Å²) in [6.07, 6.45) is 4.62. The molecule has 84 valence electrons. The molecule has 1 fully saturated rings. The lowest BCUT2D eigenvalue weighted by atomic mass is 9.80. The Balaban J connectivity index is 2.16. The van der Waals surface area contributed by atoms with E-state index in [9.17, 15) is 5.11 Å². The molecule has 15 heavy (non-hydrogen) atoms. The topological polar surface area (TPSA) is 77.0 Å². The lowest BCUT2D eigenvalue weighted by Gasteiger charge is -2.29. The van der Waals surface area contributed by atoms with Crippen LogP contribution in [0.15, 0.2) is 6.33 Å². The molecule has 0 bridgehead atoms. The fraction of sp³-hybridized carbons (Fsp3) is 0.800. The molecule has 1 aliphatic carbocycles. The third-order valence-corrected chi connectivity index (χ3v) is 3.48. The van der Waals surface area contributed by atoms with E-state index in [4.69, 9.17) is 5.73 Å². The molecule has 1 saturated carbocycles. The second-order valence-electron chi connectivity index (χ2n) is 4.48. The van der Waals surface area contributed by atoms with Gasteiger partial charge in [0.1, 0.15) is 12.2 Å². The van der Waals surface area contributed by atoms with Gasteiger partial charge in [0.15, 0.2) is 0 Å². The first-order valence-electron chi connectivity index (χ1n) is 5.35. The van der Waals surface area contributed by atoms with E-state index >= 15 is 0 Å². The number of aliphatic hydroxyl groups is 1. The van der Waals surface area contributed by atoms with Crippen LogP contribution in [-0.2, 0) is 13.5 Å². The fourth-order valence-electron chi connectivity index (χ4n) is 2.12. The van der Waals surface area contributed by atoms with Crippen molar-refractivity contribution in [3.63, 3.8) is 0 Å². The lowest BCUT2D eigenvalue weighted by Crippen LogP contribution is -2.39. The number of nitrogens with two attached hydrogens (primary N) is 1. The summed E-state index contributed by atoms with van der Waals surface area (Å²) < 4.78 is 1.75. The van der Waals surface area contributed by atoms with Gasteiger partial charge >= 0.3 is 0 Å². The average molecular weight is 210 g/mol. The van der Waals surface area contributed by atoms with E-state index in [-0.39, 0.29) is 12.0 Å². The maximum Gasteiger partial charge on any atom is 0.138 e. The zero-order valence-corrected chi connectivity index (χ0v) is 9.06. The second kappa shape index (κ2) is 3.90. The van der Waals surface area contributed by atoms with Crippen LogP contribution < -0.4 is 5.73 Å². The van der Waals surface area contributed by atoms with Crippen LogP contribution in [0.25, 0.3) is 0 Å². The van der Waals surface area contributed by atoms with E-state index in [2.05, 4.69) is 10.1 Å². The van der Waals surface area contributed by atoms with E-state index in [1.54, 1.807) is 11.0 Å². The van der Waals surface area contributed by atoms with Crippen molar-refractivity contribution in [2.45, 2.75) is 19.3 Å². The van der Waals surface area contributed by atoms with E-state index in [0.29, 0.717) is 12.5 Å². The summed E-state index contributed by atoms with van der Waals surface area (Å²) in [7, 11) is 1.87. The van der Waals surface area contributed by atoms with Crippen molar-refractivity contribution in [3.05, 3.63) is 12.2 Å². The van der Waals surface area contributed by atoms with Crippen LogP contribution >= 0.6 is 0 Å². The number of nitrogens with zero attached hydrogens (tertiary/aromatic N) is 3. The van der Waals surface area contributed by atoms with Crippen molar-refractivity contribution in [1.82, 2.24) is 14.8 Å². The van der Waals surface area contributed by atoms with Gasteiger partial charge in [0, 0.05) is 25.4 Å². The molecule has 1 atom stereocenters. The summed E-state index contributed by atoms with van der Waals surface area (Å²) in [4.78, 5) is 4.19. The third-order valence-electron chi connectivity index (χ3n) is 3.48. The van der Waals surface area contributed by atoms with E-state index < -0.39 is 0 Å². The minimum Gasteiger partial charge on any atom is -0.396 e. The van der Waals surface area contributed by atoms with Crippen LogP contribution in [-0.4, -0.2) is 33.0 Å². The molecule has 1 aromatic rings. The molecule has 1 aliphatic rings. The Labute approximate surface area is 89.3 Å². The molecule has 1 unspecified atom stereocenters. The summed E-state index contributed by atoms with van der Waals surface area (Å²) in [5.74, 6) is 1.46. The van der Waals surface area contributed by atoms with Gasteiger partial charge in [-0.2, -0.15) is 5.10 Å².